The molecule has 0 saturated heterocycles. The van der Waals surface area contributed by atoms with Gasteiger partial charge in [0.05, 0.1) is 15.3 Å². The second kappa shape index (κ2) is 2.18. The lowest BCUT2D eigenvalue weighted by atomic mass is 9.50. The average molecular weight is 386 g/mol. The largest absolute Gasteiger partial charge is 0.265 e. The lowest BCUT2D eigenvalue weighted by Crippen LogP contribution is -2.69. The predicted octanol–water partition coefficient (Wildman–Crippen LogP) is 2.55. The second-order valence-electron chi connectivity index (χ2n) is 4.01. The molecule has 1 heterocycles. The molecule has 64 valence electrons. The van der Waals surface area contributed by atoms with Crippen LogP contribution in [0.25, 0.3) is 0 Å². The molecule has 0 amide bonds. The molecule has 3 aliphatic rings. The molecule has 3 aliphatic carbocycles. The summed E-state index contributed by atoms with van der Waals surface area (Å²) in [5, 5.41) is 4.38. The minimum Gasteiger partial charge on any atom is -0.265 e. The molecule has 3 saturated carbocycles. The van der Waals surface area contributed by atoms with Crippen LogP contribution in [0.3, 0.4) is 0 Å². The molecule has 0 spiro atoms. The van der Waals surface area contributed by atoms with Crippen LogP contribution in [-0.2, 0) is 5.54 Å². The fourth-order valence-corrected chi connectivity index (χ4v) is 4.94. The van der Waals surface area contributed by atoms with Gasteiger partial charge in [-0.05, 0) is 41.9 Å². The summed E-state index contributed by atoms with van der Waals surface area (Å²) in [5.74, 6) is 0. The molecule has 4 heteroatoms. The molecular weight excluding hydrogens is 378 g/mol. The summed E-state index contributed by atoms with van der Waals surface area (Å²) in [6.07, 6.45) is 8.10. The molecule has 1 aromatic heterocycles. The van der Waals surface area contributed by atoms with Crippen LogP contribution in [0.1, 0.15) is 19.3 Å². The summed E-state index contributed by atoms with van der Waals surface area (Å²) >= 11 is 4.91. The summed E-state index contributed by atoms with van der Waals surface area (Å²) in [6, 6.07) is 0. The van der Waals surface area contributed by atoms with Crippen LogP contribution in [0.5, 0.6) is 0 Å². The molecule has 0 radical (unpaired) electrons. The van der Waals surface area contributed by atoms with E-state index >= 15 is 0 Å². The molecule has 2 nitrogen and oxygen atoms in total. The average Bonchev–Trinajstić information content (AvgIpc) is 2.26. The SMILES string of the molecule is Ic1cnn(C23CC(I)(C2)C3)c1. The van der Waals surface area contributed by atoms with Gasteiger partial charge in [-0.15, -0.1) is 0 Å². The van der Waals surface area contributed by atoms with Crippen molar-refractivity contribution in [2.75, 3.05) is 0 Å². The Kier molecular flexibility index (Phi) is 1.46. The first-order valence-corrected chi connectivity index (χ1v) is 6.17. The Hall–Kier alpha value is 0.670. The van der Waals surface area contributed by atoms with E-state index in [0.29, 0.717) is 8.96 Å². The summed E-state index contributed by atoms with van der Waals surface area (Å²) in [7, 11) is 0. The monoisotopic (exact) mass is 386 g/mol. The first kappa shape index (κ1) is 8.02. The number of nitrogens with zero attached hydrogens (tertiary/aromatic N) is 2. The Balaban J connectivity index is 1.93. The van der Waals surface area contributed by atoms with Gasteiger partial charge in [-0.2, -0.15) is 5.10 Å². The standard InChI is InChI=1S/C8H8I2N2/c9-6-1-11-12(2-6)8-3-7(10,4-8)5-8/h1-2H,3-5H2. The van der Waals surface area contributed by atoms with Gasteiger partial charge in [0, 0.05) is 9.62 Å². The van der Waals surface area contributed by atoms with Gasteiger partial charge >= 0.3 is 0 Å². The summed E-state index contributed by atoms with van der Waals surface area (Å²) in [5.41, 5.74) is 0.435. The zero-order valence-corrected chi connectivity index (χ0v) is 10.7. The second-order valence-corrected chi connectivity index (χ2v) is 7.54. The van der Waals surface area contributed by atoms with Crippen LogP contribution in [-0.4, -0.2) is 13.2 Å². The fraction of sp³-hybridized carbons (Fsp3) is 0.625. The molecule has 0 aromatic carbocycles. The molecule has 1 aromatic rings. The van der Waals surface area contributed by atoms with E-state index in [4.69, 9.17) is 0 Å². The van der Waals surface area contributed by atoms with Crippen molar-refractivity contribution in [2.24, 2.45) is 0 Å². The summed E-state index contributed by atoms with van der Waals surface area (Å²) < 4.78 is 4.07. The smallest absolute Gasteiger partial charge is 0.0666 e. The molecule has 4 rings (SSSR count). The Bertz CT molecular complexity index is 325. The Morgan fingerprint density at radius 2 is 2.08 bits per heavy atom. The van der Waals surface area contributed by atoms with E-state index in [9.17, 15) is 0 Å². The van der Waals surface area contributed by atoms with Gasteiger partial charge in [0.2, 0.25) is 0 Å². The van der Waals surface area contributed by atoms with Gasteiger partial charge in [-0.25, -0.2) is 0 Å². The molecule has 12 heavy (non-hydrogen) atoms. The van der Waals surface area contributed by atoms with Crippen molar-refractivity contribution in [3.05, 3.63) is 16.0 Å². The minimum atomic E-state index is 0.435. The molecule has 0 atom stereocenters. The Labute approximate surface area is 98.4 Å². The molecule has 0 unspecified atom stereocenters. The molecule has 3 fully saturated rings. The van der Waals surface area contributed by atoms with Crippen molar-refractivity contribution in [3.8, 4) is 0 Å². The predicted molar refractivity (Wildman–Crippen MR) is 63.5 cm³/mol. The van der Waals surface area contributed by atoms with Crippen molar-refractivity contribution < 1.29 is 0 Å². The van der Waals surface area contributed by atoms with Crippen LogP contribution in [0.4, 0.5) is 0 Å². The summed E-state index contributed by atoms with van der Waals surface area (Å²) in [4.78, 5) is 0. The van der Waals surface area contributed by atoms with Crippen LogP contribution in [0.2, 0.25) is 0 Å². The van der Waals surface area contributed by atoms with E-state index < -0.39 is 0 Å². The zero-order chi connectivity index (χ0) is 8.40. The van der Waals surface area contributed by atoms with Crippen molar-refractivity contribution >= 4 is 45.2 Å². The van der Waals surface area contributed by atoms with Gasteiger partial charge < -0.3 is 0 Å². The lowest BCUT2D eigenvalue weighted by Gasteiger charge is -2.67. The van der Waals surface area contributed by atoms with Crippen molar-refractivity contribution in [2.45, 2.75) is 28.2 Å². The normalized spacial score (nSPS) is 43.5. The van der Waals surface area contributed by atoms with Crippen LogP contribution in [0.15, 0.2) is 12.4 Å². The first-order valence-electron chi connectivity index (χ1n) is 4.02. The quantitative estimate of drug-likeness (QED) is 0.536. The third-order valence-corrected chi connectivity index (χ3v) is 4.68. The van der Waals surface area contributed by atoms with E-state index in [-0.39, 0.29) is 0 Å². The van der Waals surface area contributed by atoms with Gasteiger partial charge in [-0.3, -0.25) is 4.68 Å². The van der Waals surface area contributed by atoms with E-state index in [1.807, 2.05) is 6.20 Å². The molecule has 2 bridgehead atoms. The molecule has 0 N–H and O–H groups in total. The Morgan fingerprint density at radius 1 is 1.42 bits per heavy atom. The lowest BCUT2D eigenvalue weighted by molar-refractivity contribution is -0.0564. The number of alkyl halides is 1. The van der Waals surface area contributed by atoms with Crippen molar-refractivity contribution in [1.82, 2.24) is 9.78 Å². The maximum absolute atomic E-state index is 4.38. The maximum atomic E-state index is 4.38. The Morgan fingerprint density at radius 3 is 2.50 bits per heavy atom. The number of hydrogen-bond acceptors (Lipinski definition) is 1. The van der Waals surface area contributed by atoms with Gasteiger partial charge in [-0.1, -0.05) is 22.6 Å². The minimum absolute atomic E-state index is 0.435. The van der Waals surface area contributed by atoms with Gasteiger partial charge in [0.15, 0.2) is 0 Å². The van der Waals surface area contributed by atoms with E-state index in [1.54, 1.807) is 0 Å². The van der Waals surface area contributed by atoms with Crippen LogP contribution >= 0.6 is 45.2 Å². The van der Waals surface area contributed by atoms with E-state index in [2.05, 4.69) is 61.2 Å². The third kappa shape index (κ3) is 0.880. The highest BCUT2D eigenvalue weighted by Crippen LogP contribution is 2.69. The van der Waals surface area contributed by atoms with Gasteiger partial charge in [0.25, 0.3) is 0 Å². The van der Waals surface area contributed by atoms with Crippen LogP contribution < -0.4 is 0 Å². The number of rotatable bonds is 1. The first-order chi connectivity index (χ1) is 5.62. The van der Waals surface area contributed by atoms with Gasteiger partial charge in [0.1, 0.15) is 0 Å². The van der Waals surface area contributed by atoms with Crippen molar-refractivity contribution in [1.29, 1.82) is 0 Å². The molecule has 0 aliphatic heterocycles. The number of hydrogen-bond donors (Lipinski definition) is 0. The fourth-order valence-electron chi connectivity index (χ4n) is 2.42. The highest BCUT2D eigenvalue weighted by Gasteiger charge is 2.68. The highest BCUT2D eigenvalue weighted by atomic mass is 127. The maximum Gasteiger partial charge on any atom is 0.0666 e. The highest BCUT2D eigenvalue weighted by molar-refractivity contribution is 14.1. The number of halogens is 2. The topological polar surface area (TPSA) is 17.8 Å². The van der Waals surface area contributed by atoms with E-state index in [0.717, 1.165) is 0 Å². The van der Waals surface area contributed by atoms with E-state index in [1.165, 1.54) is 22.8 Å². The molecular formula is C8H8I2N2. The van der Waals surface area contributed by atoms with Crippen LogP contribution in [0, 0.1) is 3.57 Å². The van der Waals surface area contributed by atoms with Crippen molar-refractivity contribution in [3.63, 3.8) is 0 Å². The summed E-state index contributed by atoms with van der Waals surface area (Å²) in [6.45, 7) is 0. The zero-order valence-electron chi connectivity index (χ0n) is 6.43. The number of aromatic nitrogens is 2. The third-order valence-electron chi connectivity index (χ3n) is 2.97.